The molecular formula is C8H16N2S. The number of nitrogens with one attached hydrogen (secondary N) is 1. The Hall–Kier alpha value is -0.150. The highest BCUT2D eigenvalue weighted by atomic mass is 32.1. The van der Waals surface area contributed by atoms with Crippen molar-refractivity contribution in [2.45, 2.75) is 38.1 Å². The van der Waals surface area contributed by atoms with Crippen molar-refractivity contribution in [2.24, 2.45) is 5.73 Å². The fraction of sp³-hybridized carbons (Fsp3) is 0.875. The Kier molecular flexibility index (Phi) is 3.80. The van der Waals surface area contributed by atoms with E-state index in [2.05, 4.69) is 5.32 Å². The number of nitrogens with two attached hydrogens (primary N) is 1. The van der Waals surface area contributed by atoms with Crippen LogP contribution in [0.25, 0.3) is 0 Å². The second-order valence-electron chi connectivity index (χ2n) is 3.15. The molecule has 1 saturated carbocycles. The standard InChI is InChI=1S/C8H16N2S/c9-8(11)5-6-10-7-3-1-2-4-7/h7,10H,1-6H2,(H2,9,11). The molecule has 0 aromatic heterocycles. The van der Waals surface area contributed by atoms with Crippen LogP contribution in [0.15, 0.2) is 0 Å². The first-order chi connectivity index (χ1) is 5.29. The third-order valence-electron chi connectivity index (χ3n) is 2.16. The summed E-state index contributed by atoms with van der Waals surface area (Å²) in [5.41, 5.74) is 5.37. The smallest absolute Gasteiger partial charge is 0.0740 e. The molecule has 0 aliphatic heterocycles. The molecule has 1 fully saturated rings. The quantitative estimate of drug-likeness (QED) is 0.626. The van der Waals surface area contributed by atoms with Gasteiger partial charge in [0.2, 0.25) is 0 Å². The van der Waals surface area contributed by atoms with Gasteiger partial charge >= 0.3 is 0 Å². The van der Waals surface area contributed by atoms with Gasteiger partial charge in [0.1, 0.15) is 0 Å². The molecule has 0 amide bonds. The first kappa shape index (κ1) is 8.94. The van der Waals surface area contributed by atoms with Crippen LogP contribution in [0.1, 0.15) is 32.1 Å². The first-order valence-electron chi connectivity index (χ1n) is 4.31. The van der Waals surface area contributed by atoms with E-state index in [1.807, 2.05) is 0 Å². The van der Waals surface area contributed by atoms with Crippen molar-refractivity contribution in [1.82, 2.24) is 5.32 Å². The Morgan fingerprint density at radius 2 is 2.09 bits per heavy atom. The molecule has 0 spiro atoms. The summed E-state index contributed by atoms with van der Waals surface area (Å²) in [7, 11) is 0. The zero-order valence-electron chi connectivity index (χ0n) is 6.81. The van der Waals surface area contributed by atoms with Gasteiger partial charge in [-0.25, -0.2) is 0 Å². The van der Waals surface area contributed by atoms with E-state index in [1.165, 1.54) is 25.7 Å². The van der Waals surface area contributed by atoms with Crippen molar-refractivity contribution in [3.63, 3.8) is 0 Å². The fourth-order valence-corrected chi connectivity index (χ4v) is 1.63. The van der Waals surface area contributed by atoms with Crippen molar-refractivity contribution in [1.29, 1.82) is 0 Å². The monoisotopic (exact) mass is 172 g/mol. The van der Waals surface area contributed by atoms with Crippen LogP contribution in [0.3, 0.4) is 0 Å². The van der Waals surface area contributed by atoms with E-state index in [0.29, 0.717) is 4.99 Å². The van der Waals surface area contributed by atoms with E-state index in [0.717, 1.165) is 19.0 Å². The molecule has 0 aromatic rings. The molecule has 1 rings (SSSR count). The summed E-state index contributed by atoms with van der Waals surface area (Å²) in [5.74, 6) is 0. The Morgan fingerprint density at radius 3 is 2.64 bits per heavy atom. The normalized spacial score (nSPS) is 18.9. The molecule has 0 bridgehead atoms. The van der Waals surface area contributed by atoms with E-state index in [4.69, 9.17) is 18.0 Å². The van der Waals surface area contributed by atoms with Crippen molar-refractivity contribution >= 4 is 17.2 Å². The predicted octanol–water partition coefficient (Wildman–Crippen LogP) is 1.19. The van der Waals surface area contributed by atoms with Crippen molar-refractivity contribution in [3.8, 4) is 0 Å². The zero-order chi connectivity index (χ0) is 8.10. The lowest BCUT2D eigenvalue weighted by atomic mass is 10.2. The lowest BCUT2D eigenvalue weighted by Crippen LogP contribution is -2.29. The highest BCUT2D eigenvalue weighted by Crippen LogP contribution is 2.17. The Balaban J connectivity index is 1.98. The van der Waals surface area contributed by atoms with Gasteiger partial charge < -0.3 is 11.1 Å². The first-order valence-corrected chi connectivity index (χ1v) is 4.71. The van der Waals surface area contributed by atoms with Gasteiger partial charge in [-0.05, 0) is 12.8 Å². The summed E-state index contributed by atoms with van der Waals surface area (Å²) in [6.45, 7) is 0.958. The van der Waals surface area contributed by atoms with E-state index < -0.39 is 0 Å². The summed E-state index contributed by atoms with van der Waals surface area (Å²) in [5, 5.41) is 3.45. The summed E-state index contributed by atoms with van der Waals surface area (Å²) in [6.07, 6.45) is 6.26. The Bertz CT molecular complexity index is 130. The number of thiocarbonyl (C=S) groups is 1. The summed E-state index contributed by atoms with van der Waals surface area (Å²) < 4.78 is 0. The largest absolute Gasteiger partial charge is 0.393 e. The molecule has 1 aliphatic rings. The minimum Gasteiger partial charge on any atom is -0.393 e. The van der Waals surface area contributed by atoms with Crippen LogP contribution in [-0.2, 0) is 0 Å². The van der Waals surface area contributed by atoms with Crippen LogP contribution < -0.4 is 11.1 Å². The maximum absolute atomic E-state index is 5.37. The molecule has 1 aliphatic carbocycles. The molecule has 0 atom stereocenters. The van der Waals surface area contributed by atoms with Crippen LogP contribution in [0.2, 0.25) is 0 Å². The molecule has 0 saturated heterocycles. The van der Waals surface area contributed by atoms with Gasteiger partial charge in [0.25, 0.3) is 0 Å². The Labute approximate surface area is 73.5 Å². The number of hydrogen-bond donors (Lipinski definition) is 2. The predicted molar refractivity (Wildman–Crippen MR) is 51.7 cm³/mol. The van der Waals surface area contributed by atoms with Crippen LogP contribution in [-0.4, -0.2) is 17.6 Å². The average molecular weight is 172 g/mol. The lowest BCUT2D eigenvalue weighted by Gasteiger charge is -2.10. The van der Waals surface area contributed by atoms with E-state index >= 15 is 0 Å². The third-order valence-corrected chi connectivity index (χ3v) is 2.36. The summed E-state index contributed by atoms with van der Waals surface area (Å²) >= 11 is 4.77. The molecule has 0 aromatic carbocycles. The van der Waals surface area contributed by atoms with Gasteiger partial charge in [-0.1, -0.05) is 25.1 Å². The van der Waals surface area contributed by atoms with Crippen molar-refractivity contribution in [3.05, 3.63) is 0 Å². The highest BCUT2D eigenvalue weighted by molar-refractivity contribution is 7.80. The second kappa shape index (κ2) is 4.67. The van der Waals surface area contributed by atoms with Gasteiger partial charge in [-0.3, -0.25) is 0 Å². The van der Waals surface area contributed by atoms with Crippen LogP contribution >= 0.6 is 12.2 Å². The minimum atomic E-state index is 0.621. The molecule has 0 heterocycles. The second-order valence-corrected chi connectivity index (χ2v) is 3.68. The van der Waals surface area contributed by atoms with Gasteiger partial charge in [0.05, 0.1) is 4.99 Å². The van der Waals surface area contributed by atoms with Gasteiger partial charge in [-0.15, -0.1) is 0 Å². The highest BCUT2D eigenvalue weighted by Gasteiger charge is 2.13. The number of hydrogen-bond acceptors (Lipinski definition) is 2. The summed E-state index contributed by atoms with van der Waals surface area (Å²) in [4.78, 5) is 0.621. The average Bonchev–Trinajstić information content (AvgIpc) is 2.39. The van der Waals surface area contributed by atoms with Gasteiger partial charge in [0.15, 0.2) is 0 Å². The molecule has 2 nitrogen and oxygen atoms in total. The van der Waals surface area contributed by atoms with Crippen molar-refractivity contribution in [2.75, 3.05) is 6.54 Å². The maximum Gasteiger partial charge on any atom is 0.0740 e. The van der Waals surface area contributed by atoms with Crippen LogP contribution in [0, 0.1) is 0 Å². The van der Waals surface area contributed by atoms with Crippen molar-refractivity contribution < 1.29 is 0 Å². The number of rotatable bonds is 4. The molecule has 3 heteroatoms. The lowest BCUT2D eigenvalue weighted by molar-refractivity contribution is 0.534. The zero-order valence-corrected chi connectivity index (χ0v) is 7.62. The Morgan fingerprint density at radius 1 is 1.45 bits per heavy atom. The molecule has 0 radical (unpaired) electrons. The topological polar surface area (TPSA) is 38.0 Å². The van der Waals surface area contributed by atoms with Crippen LogP contribution in [0.5, 0.6) is 0 Å². The minimum absolute atomic E-state index is 0.621. The SMILES string of the molecule is NC(=S)CCNC1CCCC1. The molecule has 11 heavy (non-hydrogen) atoms. The fourth-order valence-electron chi connectivity index (χ4n) is 1.53. The van der Waals surface area contributed by atoms with Gasteiger partial charge in [-0.2, -0.15) is 0 Å². The van der Waals surface area contributed by atoms with E-state index in [1.54, 1.807) is 0 Å². The summed E-state index contributed by atoms with van der Waals surface area (Å²) in [6, 6.07) is 0.740. The molecule has 0 unspecified atom stereocenters. The van der Waals surface area contributed by atoms with E-state index in [-0.39, 0.29) is 0 Å². The maximum atomic E-state index is 5.37. The van der Waals surface area contributed by atoms with Gasteiger partial charge in [0, 0.05) is 19.0 Å². The van der Waals surface area contributed by atoms with Crippen LogP contribution in [0.4, 0.5) is 0 Å². The third kappa shape index (κ3) is 3.68. The molecule has 3 N–H and O–H groups in total. The molecule has 64 valence electrons. The van der Waals surface area contributed by atoms with E-state index in [9.17, 15) is 0 Å². The molecular weight excluding hydrogens is 156 g/mol.